The van der Waals surface area contributed by atoms with Gasteiger partial charge >= 0.3 is 5.97 Å². The second-order valence-corrected chi connectivity index (χ2v) is 4.63. The zero-order chi connectivity index (χ0) is 14.5. The number of rotatable bonds is 4. The van der Waals surface area contributed by atoms with Gasteiger partial charge in [0.2, 0.25) is 0 Å². The molecule has 0 aliphatic heterocycles. The van der Waals surface area contributed by atoms with Crippen LogP contribution in [0.1, 0.15) is 11.1 Å². The summed E-state index contributed by atoms with van der Waals surface area (Å²) >= 11 is 6.03. The number of hydrogen-bond donors (Lipinski definition) is 1. The molecule has 0 spiro atoms. The summed E-state index contributed by atoms with van der Waals surface area (Å²) in [5.74, 6) is 0.270. The molecule has 0 radical (unpaired) electrons. The van der Waals surface area contributed by atoms with Crippen molar-refractivity contribution in [3.8, 4) is 11.5 Å². The Labute approximate surface area is 122 Å². The molecule has 0 unspecified atom stereocenters. The van der Waals surface area contributed by atoms with Crippen LogP contribution in [0.25, 0.3) is 6.08 Å². The minimum absolute atomic E-state index is 0.542. The van der Waals surface area contributed by atoms with Gasteiger partial charge in [-0.1, -0.05) is 29.8 Å². The Bertz CT molecular complexity index is 663. The number of carboxylic acid groups (broad SMARTS) is 1. The van der Waals surface area contributed by atoms with Gasteiger partial charge in [0.15, 0.2) is 0 Å². The predicted octanol–water partition coefficient (Wildman–Crippen LogP) is 4.54. The Morgan fingerprint density at radius 2 is 2.00 bits per heavy atom. The van der Waals surface area contributed by atoms with Gasteiger partial charge in [-0.25, -0.2) is 4.79 Å². The molecular formula is C16H13ClO3. The fourth-order valence-electron chi connectivity index (χ4n) is 1.71. The molecule has 0 aliphatic rings. The molecule has 0 amide bonds. The summed E-state index contributed by atoms with van der Waals surface area (Å²) in [4.78, 5) is 10.5. The van der Waals surface area contributed by atoms with Crippen LogP contribution in [0.4, 0.5) is 0 Å². The molecule has 0 bridgehead atoms. The van der Waals surface area contributed by atoms with E-state index in [0.717, 1.165) is 17.2 Å². The number of para-hydroxylation sites is 1. The van der Waals surface area contributed by atoms with E-state index in [9.17, 15) is 4.79 Å². The number of halogens is 1. The molecular weight excluding hydrogens is 276 g/mol. The van der Waals surface area contributed by atoms with E-state index in [1.807, 2.05) is 25.1 Å². The summed E-state index contributed by atoms with van der Waals surface area (Å²) in [5, 5.41) is 9.16. The average molecular weight is 289 g/mol. The number of benzene rings is 2. The number of aryl methyl sites for hydroxylation is 1. The van der Waals surface area contributed by atoms with Crippen molar-refractivity contribution in [2.75, 3.05) is 0 Å². The molecule has 0 heterocycles. The molecule has 0 atom stereocenters. The highest BCUT2D eigenvalue weighted by molar-refractivity contribution is 6.32. The summed E-state index contributed by atoms with van der Waals surface area (Å²) < 4.78 is 5.70. The van der Waals surface area contributed by atoms with E-state index >= 15 is 0 Å². The van der Waals surface area contributed by atoms with Crippen molar-refractivity contribution >= 4 is 23.6 Å². The minimum Gasteiger partial charge on any atom is -0.478 e. The molecule has 3 nitrogen and oxygen atoms in total. The second-order valence-electron chi connectivity index (χ2n) is 4.22. The van der Waals surface area contributed by atoms with Crippen LogP contribution in [0.3, 0.4) is 0 Å². The Morgan fingerprint density at radius 3 is 2.65 bits per heavy atom. The normalized spacial score (nSPS) is 10.7. The third-order valence-corrected chi connectivity index (χ3v) is 3.02. The Kier molecular flexibility index (Phi) is 4.43. The largest absolute Gasteiger partial charge is 0.478 e. The SMILES string of the molecule is Cc1cc(Oc2ccccc2Cl)ccc1C=CC(=O)O. The van der Waals surface area contributed by atoms with Gasteiger partial charge in [-0.3, -0.25) is 0 Å². The first-order valence-corrected chi connectivity index (χ1v) is 6.38. The van der Waals surface area contributed by atoms with E-state index in [1.165, 1.54) is 0 Å². The van der Waals surface area contributed by atoms with E-state index in [1.54, 1.807) is 30.3 Å². The first-order chi connectivity index (χ1) is 9.56. The third-order valence-electron chi connectivity index (χ3n) is 2.71. The lowest BCUT2D eigenvalue weighted by Gasteiger charge is -2.09. The van der Waals surface area contributed by atoms with Crippen LogP contribution < -0.4 is 4.74 Å². The maximum absolute atomic E-state index is 10.5. The number of carbonyl (C=O) groups is 1. The van der Waals surface area contributed by atoms with Crippen LogP contribution in [0, 0.1) is 6.92 Å². The first kappa shape index (κ1) is 14.2. The van der Waals surface area contributed by atoms with Crippen LogP contribution in [-0.2, 0) is 4.79 Å². The lowest BCUT2D eigenvalue weighted by Crippen LogP contribution is -1.89. The smallest absolute Gasteiger partial charge is 0.328 e. The molecule has 102 valence electrons. The van der Waals surface area contributed by atoms with Crippen molar-refractivity contribution in [2.24, 2.45) is 0 Å². The van der Waals surface area contributed by atoms with E-state index in [-0.39, 0.29) is 0 Å². The fourth-order valence-corrected chi connectivity index (χ4v) is 1.89. The molecule has 1 N–H and O–H groups in total. The van der Waals surface area contributed by atoms with Gasteiger partial charge in [0.1, 0.15) is 11.5 Å². The van der Waals surface area contributed by atoms with Crippen molar-refractivity contribution in [1.82, 2.24) is 0 Å². The second kappa shape index (κ2) is 6.26. The number of hydrogen-bond acceptors (Lipinski definition) is 2. The monoisotopic (exact) mass is 288 g/mol. The van der Waals surface area contributed by atoms with E-state index < -0.39 is 5.97 Å². The molecule has 2 rings (SSSR count). The highest BCUT2D eigenvalue weighted by Crippen LogP contribution is 2.29. The standard InChI is InChI=1S/C16H13ClO3/c1-11-10-13(8-6-12(11)7-9-16(18)19)20-15-5-3-2-4-14(15)17/h2-10H,1H3,(H,18,19). The molecule has 0 aromatic heterocycles. The summed E-state index contributed by atoms with van der Waals surface area (Å²) in [6.07, 6.45) is 2.66. The third kappa shape index (κ3) is 3.62. The Hall–Kier alpha value is -2.26. The quantitative estimate of drug-likeness (QED) is 0.840. The molecule has 4 heteroatoms. The maximum Gasteiger partial charge on any atom is 0.328 e. The van der Waals surface area contributed by atoms with Crippen LogP contribution in [0.5, 0.6) is 11.5 Å². The molecule has 2 aromatic rings. The van der Waals surface area contributed by atoms with Crippen molar-refractivity contribution in [3.05, 3.63) is 64.7 Å². The summed E-state index contributed by atoms with van der Waals surface area (Å²) in [6, 6.07) is 12.6. The average Bonchev–Trinajstić information content (AvgIpc) is 2.40. The van der Waals surface area contributed by atoms with Crippen molar-refractivity contribution in [2.45, 2.75) is 6.92 Å². The molecule has 0 aliphatic carbocycles. The number of ether oxygens (including phenoxy) is 1. The molecule has 0 fully saturated rings. The molecule has 2 aromatic carbocycles. The topological polar surface area (TPSA) is 46.5 Å². The number of aliphatic carboxylic acids is 1. The predicted molar refractivity (Wildman–Crippen MR) is 79.4 cm³/mol. The summed E-state index contributed by atoms with van der Waals surface area (Å²) in [7, 11) is 0. The molecule has 0 saturated carbocycles. The Balaban J connectivity index is 2.21. The van der Waals surface area contributed by atoms with E-state index in [0.29, 0.717) is 16.5 Å². The fraction of sp³-hybridized carbons (Fsp3) is 0.0625. The van der Waals surface area contributed by atoms with Gasteiger partial charge in [-0.2, -0.15) is 0 Å². The summed E-state index contributed by atoms with van der Waals surface area (Å²) in [5.41, 5.74) is 1.76. The lowest BCUT2D eigenvalue weighted by atomic mass is 10.1. The van der Waals surface area contributed by atoms with E-state index in [4.69, 9.17) is 21.4 Å². The highest BCUT2D eigenvalue weighted by Gasteiger charge is 2.03. The van der Waals surface area contributed by atoms with Crippen LogP contribution in [0.15, 0.2) is 48.5 Å². The highest BCUT2D eigenvalue weighted by atomic mass is 35.5. The van der Waals surface area contributed by atoms with Crippen molar-refractivity contribution in [3.63, 3.8) is 0 Å². The van der Waals surface area contributed by atoms with Crippen molar-refractivity contribution in [1.29, 1.82) is 0 Å². The van der Waals surface area contributed by atoms with Crippen molar-refractivity contribution < 1.29 is 14.6 Å². The number of carboxylic acids is 1. The maximum atomic E-state index is 10.5. The van der Waals surface area contributed by atoms with Crippen LogP contribution >= 0.6 is 11.6 Å². The first-order valence-electron chi connectivity index (χ1n) is 6.00. The molecule has 0 saturated heterocycles. The summed E-state index contributed by atoms with van der Waals surface area (Å²) in [6.45, 7) is 1.89. The van der Waals surface area contributed by atoms with Gasteiger partial charge in [0, 0.05) is 6.08 Å². The van der Waals surface area contributed by atoms with Crippen LogP contribution in [-0.4, -0.2) is 11.1 Å². The van der Waals surface area contributed by atoms with Gasteiger partial charge in [0.25, 0.3) is 0 Å². The van der Waals surface area contributed by atoms with Gasteiger partial charge in [0.05, 0.1) is 5.02 Å². The van der Waals surface area contributed by atoms with Gasteiger partial charge in [-0.15, -0.1) is 0 Å². The molecule has 20 heavy (non-hydrogen) atoms. The minimum atomic E-state index is -0.971. The lowest BCUT2D eigenvalue weighted by molar-refractivity contribution is -0.131. The zero-order valence-corrected chi connectivity index (χ0v) is 11.6. The zero-order valence-electron chi connectivity index (χ0n) is 10.8. The van der Waals surface area contributed by atoms with E-state index in [2.05, 4.69) is 0 Å². The van der Waals surface area contributed by atoms with Crippen LogP contribution in [0.2, 0.25) is 5.02 Å². The Morgan fingerprint density at radius 1 is 1.25 bits per heavy atom. The van der Waals surface area contributed by atoms with Gasteiger partial charge < -0.3 is 9.84 Å². The van der Waals surface area contributed by atoms with Gasteiger partial charge in [-0.05, 0) is 48.4 Å².